The van der Waals surface area contributed by atoms with Crippen molar-refractivity contribution in [3.8, 4) is 6.07 Å². The summed E-state index contributed by atoms with van der Waals surface area (Å²) in [5, 5.41) is 8.31. The molecule has 0 bridgehead atoms. The molecule has 0 aromatic carbocycles. The van der Waals surface area contributed by atoms with Gasteiger partial charge >= 0.3 is 12.1 Å². The molecule has 1 fully saturated rings. The molecule has 0 atom stereocenters. The Morgan fingerprint density at radius 3 is 1.62 bits per heavy atom. The van der Waals surface area contributed by atoms with E-state index in [1.165, 1.54) is 0 Å². The molecule has 0 heterocycles. The van der Waals surface area contributed by atoms with Gasteiger partial charge in [0.25, 0.3) is 0 Å². The zero-order valence-electron chi connectivity index (χ0n) is 6.46. The van der Waals surface area contributed by atoms with Gasteiger partial charge in [0, 0.05) is 0 Å². The summed E-state index contributed by atoms with van der Waals surface area (Å²) < 4.78 is 60.9. The molecule has 1 aliphatic carbocycles. The van der Waals surface area contributed by atoms with Crippen LogP contribution in [-0.2, 0) is 0 Å². The SMILES string of the molecule is N#CC1(C(F)(F)C(F)(F)F)CCC1. The Balaban J connectivity index is 2.99. The molecule has 0 N–H and O–H groups in total. The first kappa shape index (κ1) is 10.2. The Bertz CT molecular complexity index is 245. The van der Waals surface area contributed by atoms with Crippen LogP contribution in [0.15, 0.2) is 0 Å². The van der Waals surface area contributed by atoms with Gasteiger partial charge in [-0.15, -0.1) is 0 Å². The predicted molar refractivity (Wildman–Crippen MR) is 32.9 cm³/mol. The normalized spacial score (nSPS) is 21.8. The van der Waals surface area contributed by atoms with Crippen molar-refractivity contribution in [1.82, 2.24) is 0 Å². The molecular weight excluding hydrogens is 193 g/mol. The van der Waals surface area contributed by atoms with Crippen LogP contribution in [-0.4, -0.2) is 12.1 Å². The highest BCUT2D eigenvalue weighted by Gasteiger charge is 2.72. The van der Waals surface area contributed by atoms with Crippen molar-refractivity contribution >= 4 is 0 Å². The summed E-state index contributed by atoms with van der Waals surface area (Å²) in [4.78, 5) is 0. The second-order valence-electron chi connectivity index (χ2n) is 3.12. The van der Waals surface area contributed by atoms with E-state index in [1.54, 1.807) is 0 Å². The molecule has 1 saturated carbocycles. The van der Waals surface area contributed by atoms with E-state index in [-0.39, 0.29) is 19.3 Å². The maximum atomic E-state index is 12.7. The minimum atomic E-state index is -5.62. The quantitative estimate of drug-likeness (QED) is 0.595. The van der Waals surface area contributed by atoms with E-state index in [0.29, 0.717) is 0 Å². The van der Waals surface area contributed by atoms with E-state index >= 15 is 0 Å². The summed E-state index contributed by atoms with van der Waals surface area (Å²) in [7, 11) is 0. The monoisotopic (exact) mass is 199 g/mol. The van der Waals surface area contributed by atoms with E-state index in [2.05, 4.69) is 0 Å². The van der Waals surface area contributed by atoms with E-state index in [4.69, 9.17) is 5.26 Å². The zero-order chi connectivity index (χ0) is 10.3. The topological polar surface area (TPSA) is 23.8 Å². The largest absolute Gasteiger partial charge is 0.454 e. The Morgan fingerprint density at radius 1 is 1.08 bits per heavy atom. The van der Waals surface area contributed by atoms with Gasteiger partial charge in [-0.3, -0.25) is 0 Å². The lowest BCUT2D eigenvalue weighted by atomic mass is 9.65. The minimum Gasteiger partial charge on any atom is -0.197 e. The third-order valence-electron chi connectivity index (χ3n) is 2.38. The standard InChI is InChI=1S/C7H6F5N/c8-6(9,7(10,11)12)5(4-13)2-1-3-5/h1-3H2. The number of halogens is 5. The lowest BCUT2D eigenvalue weighted by molar-refractivity contribution is -0.327. The van der Waals surface area contributed by atoms with E-state index in [9.17, 15) is 22.0 Å². The molecule has 13 heavy (non-hydrogen) atoms. The second kappa shape index (κ2) is 2.56. The summed E-state index contributed by atoms with van der Waals surface area (Å²) in [6.45, 7) is 0. The average Bonchev–Trinajstić information content (AvgIpc) is 1.82. The first-order chi connectivity index (χ1) is 5.77. The fraction of sp³-hybridized carbons (Fsp3) is 0.857. The van der Waals surface area contributed by atoms with E-state index in [0.717, 1.165) is 6.07 Å². The van der Waals surface area contributed by atoms with Crippen molar-refractivity contribution in [2.45, 2.75) is 31.4 Å². The van der Waals surface area contributed by atoms with Crippen molar-refractivity contribution in [1.29, 1.82) is 5.26 Å². The molecule has 0 aromatic rings. The third-order valence-corrected chi connectivity index (χ3v) is 2.38. The van der Waals surface area contributed by atoms with Crippen molar-refractivity contribution in [2.75, 3.05) is 0 Å². The van der Waals surface area contributed by atoms with Crippen molar-refractivity contribution in [3.05, 3.63) is 0 Å². The van der Waals surface area contributed by atoms with Gasteiger partial charge in [0.15, 0.2) is 0 Å². The average molecular weight is 199 g/mol. The maximum absolute atomic E-state index is 12.7. The molecule has 0 aromatic heterocycles. The summed E-state index contributed by atoms with van der Waals surface area (Å²) in [6.07, 6.45) is -6.13. The molecule has 0 saturated heterocycles. The molecule has 0 amide bonds. The summed E-state index contributed by atoms with van der Waals surface area (Å²) in [5.74, 6) is -4.88. The molecule has 1 rings (SSSR count). The molecule has 0 radical (unpaired) electrons. The number of hydrogen-bond acceptors (Lipinski definition) is 1. The van der Waals surface area contributed by atoms with Crippen LogP contribution in [0.1, 0.15) is 19.3 Å². The van der Waals surface area contributed by atoms with Crippen molar-refractivity contribution in [3.63, 3.8) is 0 Å². The molecule has 0 spiro atoms. The lowest BCUT2D eigenvalue weighted by Crippen LogP contribution is -2.54. The number of rotatable bonds is 1. The Labute approximate surface area is 71.1 Å². The van der Waals surface area contributed by atoms with Crippen LogP contribution in [0.2, 0.25) is 0 Å². The van der Waals surface area contributed by atoms with Gasteiger partial charge in [-0.05, 0) is 19.3 Å². The van der Waals surface area contributed by atoms with Gasteiger partial charge in [0.1, 0.15) is 5.41 Å². The first-order valence-corrected chi connectivity index (χ1v) is 3.63. The van der Waals surface area contributed by atoms with Gasteiger partial charge in [-0.25, -0.2) is 0 Å². The Kier molecular flexibility index (Phi) is 2.02. The van der Waals surface area contributed by atoms with Gasteiger partial charge < -0.3 is 0 Å². The Morgan fingerprint density at radius 2 is 1.54 bits per heavy atom. The van der Waals surface area contributed by atoms with Gasteiger partial charge in [-0.2, -0.15) is 27.2 Å². The zero-order valence-corrected chi connectivity index (χ0v) is 6.46. The second-order valence-corrected chi connectivity index (χ2v) is 3.12. The molecule has 1 nitrogen and oxygen atoms in total. The maximum Gasteiger partial charge on any atom is 0.454 e. The van der Waals surface area contributed by atoms with Gasteiger partial charge in [0.05, 0.1) is 6.07 Å². The third kappa shape index (κ3) is 1.18. The lowest BCUT2D eigenvalue weighted by Gasteiger charge is -2.41. The molecule has 0 aliphatic heterocycles. The molecule has 0 unspecified atom stereocenters. The van der Waals surface area contributed by atoms with Crippen LogP contribution in [0.5, 0.6) is 0 Å². The first-order valence-electron chi connectivity index (χ1n) is 3.63. The highest BCUT2D eigenvalue weighted by atomic mass is 19.4. The highest BCUT2D eigenvalue weighted by molar-refractivity contribution is 5.14. The van der Waals surface area contributed by atoms with Crippen LogP contribution in [0.25, 0.3) is 0 Å². The Hall–Kier alpha value is -0.860. The molecule has 6 heteroatoms. The predicted octanol–water partition coefficient (Wildman–Crippen LogP) is 2.88. The van der Waals surface area contributed by atoms with Crippen LogP contribution in [0, 0.1) is 16.7 Å². The highest BCUT2D eigenvalue weighted by Crippen LogP contribution is 2.57. The number of nitrogens with zero attached hydrogens (tertiary/aromatic N) is 1. The number of alkyl halides is 5. The van der Waals surface area contributed by atoms with E-state index < -0.39 is 17.5 Å². The van der Waals surface area contributed by atoms with Crippen molar-refractivity contribution in [2.24, 2.45) is 5.41 Å². The van der Waals surface area contributed by atoms with E-state index in [1.807, 2.05) is 0 Å². The molecular formula is C7H6F5N. The summed E-state index contributed by atoms with van der Waals surface area (Å²) in [6, 6.07) is 1.09. The number of nitriles is 1. The summed E-state index contributed by atoms with van der Waals surface area (Å²) >= 11 is 0. The van der Waals surface area contributed by atoms with Crippen LogP contribution < -0.4 is 0 Å². The smallest absolute Gasteiger partial charge is 0.197 e. The minimum absolute atomic E-state index is 0.249. The van der Waals surface area contributed by atoms with Gasteiger partial charge in [-0.1, -0.05) is 0 Å². The van der Waals surface area contributed by atoms with Gasteiger partial charge in [0.2, 0.25) is 0 Å². The summed E-state index contributed by atoms with van der Waals surface area (Å²) in [5.41, 5.74) is -2.51. The van der Waals surface area contributed by atoms with Crippen LogP contribution >= 0.6 is 0 Å². The fourth-order valence-electron chi connectivity index (χ4n) is 1.30. The number of hydrogen-bond donors (Lipinski definition) is 0. The molecule has 74 valence electrons. The fourth-order valence-corrected chi connectivity index (χ4v) is 1.30. The molecule has 1 aliphatic rings. The van der Waals surface area contributed by atoms with Crippen LogP contribution in [0.3, 0.4) is 0 Å². The van der Waals surface area contributed by atoms with Crippen molar-refractivity contribution < 1.29 is 22.0 Å². The van der Waals surface area contributed by atoms with Crippen LogP contribution in [0.4, 0.5) is 22.0 Å².